The summed E-state index contributed by atoms with van der Waals surface area (Å²) in [4.78, 5) is 19.1. The Kier molecular flexibility index (Phi) is 5.11. The molecule has 94 valence electrons. The molecule has 17 heavy (non-hydrogen) atoms. The van der Waals surface area contributed by atoms with Crippen LogP contribution in [0, 0.1) is 0 Å². The third kappa shape index (κ3) is 4.21. The Labute approximate surface area is 98.5 Å². The smallest absolute Gasteiger partial charge is 0.325 e. The Balaban J connectivity index is 2.75. The fourth-order valence-corrected chi connectivity index (χ4v) is 1.09. The van der Waals surface area contributed by atoms with Crippen LogP contribution in [0.2, 0.25) is 0 Å². The van der Waals surface area contributed by atoms with Crippen molar-refractivity contribution >= 4 is 17.6 Å². The summed E-state index contributed by atoms with van der Waals surface area (Å²) in [6.45, 7) is 0.270. The highest BCUT2D eigenvalue weighted by atomic mass is 16.5. The van der Waals surface area contributed by atoms with E-state index >= 15 is 0 Å². The van der Waals surface area contributed by atoms with Crippen molar-refractivity contribution < 1.29 is 14.3 Å². The van der Waals surface area contributed by atoms with Gasteiger partial charge in [-0.1, -0.05) is 0 Å². The van der Waals surface area contributed by atoms with Gasteiger partial charge in [0.15, 0.2) is 5.82 Å². The van der Waals surface area contributed by atoms with E-state index in [1.54, 1.807) is 6.07 Å². The molecule has 1 aromatic heterocycles. The van der Waals surface area contributed by atoms with Crippen molar-refractivity contribution in [1.82, 2.24) is 9.97 Å². The van der Waals surface area contributed by atoms with Gasteiger partial charge in [0.25, 0.3) is 0 Å². The molecule has 0 spiro atoms. The highest BCUT2D eigenvalue weighted by Crippen LogP contribution is 2.10. The zero-order valence-electron chi connectivity index (χ0n) is 9.69. The van der Waals surface area contributed by atoms with Crippen molar-refractivity contribution in [3.05, 3.63) is 11.9 Å². The van der Waals surface area contributed by atoms with Gasteiger partial charge in [0.05, 0.1) is 7.11 Å². The van der Waals surface area contributed by atoms with E-state index in [0.717, 1.165) is 0 Å². The summed E-state index contributed by atoms with van der Waals surface area (Å²) in [5.74, 6) is 6.22. The molecule has 0 saturated carbocycles. The molecular formula is C9H15N5O3. The van der Waals surface area contributed by atoms with Crippen LogP contribution in [0.4, 0.5) is 11.6 Å². The number of anilines is 2. The average molecular weight is 241 g/mol. The van der Waals surface area contributed by atoms with Crippen LogP contribution in [0.5, 0.6) is 0 Å². The molecular weight excluding hydrogens is 226 g/mol. The first kappa shape index (κ1) is 13.1. The average Bonchev–Trinajstić information content (AvgIpc) is 2.36. The summed E-state index contributed by atoms with van der Waals surface area (Å²) >= 11 is 0. The molecule has 0 amide bonds. The van der Waals surface area contributed by atoms with E-state index in [2.05, 4.69) is 25.4 Å². The number of nitrogens with zero attached hydrogens (tertiary/aromatic N) is 2. The molecule has 0 aliphatic carbocycles. The summed E-state index contributed by atoms with van der Waals surface area (Å²) < 4.78 is 9.41. The van der Waals surface area contributed by atoms with E-state index in [9.17, 15) is 4.79 Å². The first-order valence-corrected chi connectivity index (χ1v) is 4.83. The summed E-state index contributed by atoms with van der Waals surface area (Å²) in [6.07, 6.45) is 0. The quantitative estimate of drug-likeness (QED) is 0.347. The number of ether oxygens (including phenoxy) is 2. The van der Waals surface area contributed by atoms with Gasteiger partial charge in [-0.05, 0) is 0 Å². The monoisotopic (exact) mass is 241 g/mol. The molecule has 0 fully saturated rings. The van der Waals surface area contributed by atoms with Crippen molar-refractivity contribution in [3.63, 3.8) is 0 Å². The molecule has 8 nitrogen and oxygen atoms in total. The lowest BCUT2D eigenvalue weighted by molar-refractivity contribution is -0.138. The Bertz CT molecular complexity index is 385. The second-order valence-electron chi connectivity index (χ2n) is 3.06. The predicted octanol–water partition coefficient (Wildman–Crippen LogP) is -0.506. The lowest BCUT2D eigenvalue weighted by atomic mass is 10.4. The molecule has 0 aliphatic heterocycles. The van der Waals surface area contributed by atoms with Crippen LogP contribution in [0.3, 0.4) is 0 Å². The van der Waals surface area contributed by atoms with Crippen molar-refractivity contribution in [3.8, 4) is 0 Å². The number of carbonyl (C=O) groups excluding carboxylic acids is 1. The van der Waals surface area contributed by atoms with Gasteiger partial charge in [-0.15, -0.1) is 0 Å². The Hall–Kier alpha value is -1.93. The minimum Gasteiger partial charge on any atom is -0.468 e. The van der Waals surface area contributed by atoms with Crippen LogP contribution in [0.1, 0.15) is 5.82 Å². The van der Waals surface area contributed by atoms with Gasteiger partial charge < -0.3 is 20.2 Å². The number of rotatable bonds is 6. The lowest BCUT2D eigenvalue weighted by Gasteiger charge is -2.08. The zero-order valence-corrected chi connectivity index (χ0v) is 9.69. The molecule has 0 atom stereocenters. The Morgan fingerprint density at radius 3 is 2.71 bits per heavy atom. The maximum Gasteiger partial charge on any atom is 0.325 e. The number of hydrogen-bond donors (Lipinski definition) is 3. The largest absolute Gasteiger partial charge is 0.468 e. The molecule has 0 bridgehead atoms. The fourth-order valence-electron chi connectivity index (χ4n) is 1.09. The zero-order chi connectivity index (χ0) is 12.7. The van der Waals surface area contributed by atoms with Crippen LogP contribution >= 0.6 is 0 Å². The molecule has 1 aromatic rings. The number of methoxy groups -OCH3 is 2. The molecule has 1 rings (SSSR count). The van der Waals surface area contributed by atoms with E-state index in [0.29, 0.717) is 17.5 Å². The number of nitrogen functional groups attached to an aromatic ring is 1. The maximum atomic E-state index is 11.0. The van der Waals surface area contributed by atoms with Gasteiger partial charge in [0, 0.05) is 13.2 Å². The van der Waals surface area contributed by atoms with Gasteiger partial charge in [-0.3, -0.25) is 4.79 Å². The molecule has 0 radical (unpaired) electrons. The number of esters is 1. The molecule has 8 heteroatoms. The number of nitrogens with one attached hydrogen (secondary N) is 2. The lowest BCUT2D eigenvalue weighted by Crippen LogP contribution is -2.17. The van der Waals surface area contributed by atoms with Gasteiger partial charge in [0.1, 0.15) is 24.8 Å². The highest BCUT2D eigenvalue weighted by molar-refractivity contribution is 5.74. The van der Waals surface area contributed by atoms with E-state index in [-0.39, 0.29) is 19.1 Å². The number of carbonyl (C=O) groups is 1. The molecule has 0 unspecified atom stereocenters. The van der Waals surface area contributed by atoms with Crippen molar-refractivity contribution in [2.75, 3.05) is 31.5 Å². The minimum absolute atomic E-state index is 0.0178. The van der Waals surface area contributed by atoms with Crippen LogP contribution in [0.25, 0.3) is 0 Å². The Morgan fingerprint density at radius 2 is 2.12 bits per heavy atom. The first-order valence-electron chi connectivity index (χ1n) is 4.83. The molecule has 0 aliphatic rings. The molecule has 4 N–H and O–H groups in total. The summed E-state index contributed by atoms with van der Waals surface area (Å²) in [5, 5.41) is 2.79. The SMILES string of the molecule is COCc1nc(NN)cc(NCC(=O)OC)n1. The van der Waals surface area contributed by atoms with Gasteiger partial charge in [-0.2, -0.15) is 0 Å². The topological polar surface area (TPSA) is 111 Å². The van der Waals surface area contributed by atoms with Gasteiger partial charge in [-0.25, -0.2) is 15.8 Å². The summed E-state index contributed by atoms with van der Waals surface area (Å²) in [6, 6.07) is 1.57. The normalized spacial score (nSPS) is 9.82. The summed E-state index contributed by atoms with van der Waals surface area (Å²) in [7, 11) is 2.85. The molecule has 0 aromatic carbocycles. The summed E-state index contributed by atoms with van der Waals surface area (Å²) in [5.41, 5.74) is 2.40. The van der Waals surface area contributed by atoms with Crippen molar-refractivity contribution in [2.24, 2.45) is 5.84 Å². The molecule has 1 heterocycles. The highest BCUT2D eigenvalue weighted by Gasteiger charge is 2.05. The Morgan fingerprint density at radius 1 is 1.41 bits per heavy atom. The number of aromatic nitrogens is 2. The number of nitrogens with two attached hydrogens (primary N) is 1. The van der Waals surface area contributed by atoms with Crippen LogP contribution < -0.4 is 16.6 Å². The fraction of sp³-hybridized carbons (Fsp3) is 0.444. The van der Waals surface area contributed by atoms with Gasteiger partial charge >= 0.3 is 5.97 Å². The maximum absolute atomic E-state index is 11.0. The standard InChI is InChI=1S/C9H15N5O3/c1-16-5-8-12-6(3-7(13-8)14-10)11-4-9(15)17-2/h3H,4-5,10H2,1-2H3,(H2,11,12,13,14). The number of hydrogen-bond acceptors (Lipinski definition) is 8. The van der Waals surface area contributed by atoms with Crippen LogP contribution in [0.15, 0.2) is 6.07 Å². The minimum atomic E-state index is -0.390. The van der Waals surface area contributed by atoms with Crippen molar-refractivity contribution in [2.45, 2.75) is 6.61 Å². The van der Waals surface area contributed by atoms with E-state index < -0.39 is 0 Å². The third-order valence-corrected chi connectivity index (χ3v) is 1.84. The van der Waals surface area contributed by atoms with Gasteiger partial charge in [0.2, 0.25) is 0 Å². The number of hydrazine groups is 1. The first-order chi connectivity index (χ1) is 8.19. The molecule has 0 saturated heterocycles. The second-order valence-corrected chi connectivity index (χ2v) is 3.06. The van der Waals surface area contributed by atoms with E-state index in [4.69, 9.17) is 10.6 Å². The van der Waals surface area contributed by atoms with Crippen molar-refractivity contribution in [1.29, 1.82) is 0 Å². The predicted molar refractivity (Wildman–Crippen MR) is 61.1 cm³/mol. The van der Waals surface area contributed by atoms with E-state index in [1.165, 1.54) is 14.2 Å². The van der Waals surface area contributed by atoms with Crippen LogP contribution in [-0.4, -0.2) is 36.7 Å². The van der Waals surface area contributed by atoms with E-state index in [1.807, 2.05) is 0 Å². The van der Waals surface area contributed by atoms with Crippen LogP contribution in [-0.2, 0) is 20.9 Å². The third-order valence-electron chi connectivity index (χ3n) is 1.84. The second kappa shape index (κ2) is 6.61.